The molecule has 0 spiro atoms. The van der Waals surface area contributed by atoms with Gasteiger partial charge in [-0.3, -0.25) is 0 Å². The van der Waals surface area contributed by atoms with Crippen LogP contribution in [0.1, 0.15) is 8.30 Å². The SMILES string of the molecule is [2H]C([2H])(O)c1cnc(OC)nc1OC. The molecule has 0 aliphatic rings. The number of hydrogen-bond acceptors (Lipinski definition) is 5. The first kappa shape index (κ1) is 6.19. The van der Waals surface area contributed by atoms with Gasteiger partial charge in [-0.25, -0.2) is 4.98 Å². The van der Waals surface area contributed by atoms with E-state index in [2.05, 4.69) is 9.97 Å². The van der Waals surface area contributed by atoms with E-state index in [0.29, 0.717) is 0 Å². The number of nitrogens with zero attached hydrogens (tertiary/aromatic N) is 2. The minimum Gasteiger partial charge on any atom is -0.481 e. The first-order chi connectivity index (χ1) is 6.49. The van der Waals surface area contributed by atoms with Crippen LogP contribution in [-0.4, -0.2) is 29.3 Å². The second-order valence-corrected chi connectivity index (χ2v) is 1.89. The average Bonchev–Trinajstić information content (AvgIpc) is 2.15. The molecule has 0 saturated carbocycles. The van der Waals surface area contributed by atoms with E-state index in [9.17, 15) is 0 Å². The molecule has 0 amide bonds. The van der Waals surface area contributed by atoms with E-state index in [1.807, 2.05) is 0 Å². The zero-order chi connectivity index (χ0) is 10.8. The molecule has 5 heteroatoms. The van der Waals surface area contributed by atoms with E-state index >= 15 is 0 Å². The number of hydrogen-bond donors (Lipinski definition) is 1. The summed E-state index contributed by atoms with van der Waals surface area (Å²) in [6, 6.07) is 0.0508. The maximum atomic E-state index is 9.10. The third-order valence-electron chi connectivity index (χ3n) is 1.23. The minimum atomic E-state index is -2.53. The molecule has 1 heterocycles. The highest BCUT2D eigenvalue weighted by Gasteiger charge is 2.05. The lowest BCUT2D eigenvalue weighted by atomic mass is 10.3. The molecule has 66 valence electrons. The molecule has 0 aliphatic heterocycles. The van der Waals surface area contributed by atoms with Gasteiger partial charge in [-0.1, -0.05) is 0 Å². The number of methoxy groups -OCH3 is 2. The Morgan fingerprint density at radius 3 is 2.83 bits per heavy atom. The Balaban J connectivity index is 3.18. The van der Waals surface area contributed by atoms with Gasteiger partial charge in [-0.05, 0) is 0 Å². The molecule has 0 unspecified atom stereocenters. The van der Waals surface area contributed by atoms with Crippen molar-refractivity contribution in [3.63, 3.8) is 0 Å². The summed E-state index contributed by atoms with van der Waals surface area (Å²) in [4.78, 5) is 7.38. The Labute approximate surface area is 72.8 Å². The zero-order valence-electron chi connectivity index (χ0n) is 8.74. The van der Waals surface area contributed by atoms with Crippen LogP contribution < -0.4 is 9.47 Å². The summed E-state index contributed by atoms with van der Waals surface area (Å²) in [5, 5.41) is 9.10. The van der Waals surface area contributed by atoms with Gasteiger partial charge in [-0.2, -0.15) is 4.98 Å². The summed E-state index contributed by atoms with van der Waals surface area (Å²) in [6.45, 7) is -2.53. The highest BCUT2D eigenvalue weighted by Crippen LogP contribution is 2.16. The van der Waals surface area contributed by atoms with Crippen LogP contribution in [0.3, 0.4) is 0 Å². The first-order valence-electron chi connectivity index (χ1n) is 4.17. The minimum absolute atomic E-state index is 0.0508. The molecule has 1 rings (SSSR count). The smallest absolute Gasteiger partial charge is 0.319 e. The predicted molar refractivity (Wildman–Crippen MR) is 41.1 cm³/mol. The van der Waals surface area contributed by atoms with Crippen molar-refractivity contribution >= 4 is 0 Å². The number of aliphatic hydroxyl groups is 1. The fourth-order valence-corrected chi connectivity index (χ4v) is 0.682. The van der Waals surface area contributed by atoms with Gasteiger partial charge in [0.2, 0.25) is 5.88 Å². The number of aromatic nitrogens is 2. The van der Waals surface area contributed by atoms with E-state index in [0.717, 1.165) is 6.20 Å². The van der Waals surface area contributed by atoms with Crippen molar-refractivity contribution in [2.75, 3.05) is 14.2 Å². The van der Waals surface area contributed by atoms with Gasteiger partial charge < -0.3 is 14.6 Å². The Hall–Kier alpha value is -1.36. The van der Waals surface area contributed by atoms with Crippen LogP contribution in [0.4, 0.5) is 0 Å². The Morgan fingerprint density at radius 2 is 2.33 bits per heavy atom. The fraction of sp³-hybridized carbons (Fsp3) is 0.429. The van der Waals surface area contributed by atoms with Crippen molar-refractivity contribution in [2.24, 2.45) is 0 Å². The molecule has 1 N–H and O–H groups in total. The third-order valence-corrected chi connectivity index (χ3v) is 1.23. The van der Waals surface area contributed by atoms with Gasteiger partial charge in [0.25, 0.3) is 0 Å². The molecule has 0 fully saturated rings. The molecular weight excluding hydrogens is 160 g/mol. The van der Waals surface area contributed by atoms with E-state index in [4.69, 9.17) is 17.3 Å². The Kier molecular flexibility index (Phi) is 1.99. The van der Waals surface area contributed by atoms with Gasteiger partial charge in [-0.15, -0.1) is 0 Å². The summed E-state index contributed by atoms with van der Waals surface area (Å²) in [5.74, 6) is -0.0515. The summed E-state index contributed by atoms with van der Waals surface area (Å²) < 4.78 is 23.6. The molecule has 1 aromatic heterocycles. The highest BCUT2D eigenvalue weighted by atomic mass is 16.5. The lowest BCUT2D eigenvalue weighted by Gasteiger charge is -2.04. The van der Waals surface area contributed by atoms with Gasteiger partial charge in [0.15, 0.2) is 0 Å². The first-order valence-corrected chi connectivity index (χ1v) is 3.17. The van der Waals surface area contributed by atoms with Crippen molar-refractivity contribution in [3.8, 4) is 11.9 Å². The standard InChI is InChI=1S/C7H10N2O3/c1-11-6-5(4-10)3-8-7(9-6)12-2/h3,10H,4H2,1-2H3/i4D2. The molecule has 0 atom stereocenters. The number of ether oxygens (including phenoxy) is 2. The monoisotopic (exact) mass is 172 g/mol. The van der Waals surface area contributed by atoms with E-state index in [1.54, 1.807) is 0 Å². The Morgan fingerprint density at radius 1 is 1.58 bits per heavy atom. The molecule has 0 aromatic carbocycles. The van der Waals surface area contributed by atoms with Gasteiger partial charge in [0.05, 0.1) is 29.1 Å². The topological polar surface area (TPSA) is 64.5 Å². The molecule has 0 saturated heterocycles. The number of rotatable bonds is 3. The lowest BCUT2D eigenvalue weighted by Crippen LogP contribution is -1.99. The molecule has 1 aromatic rings. The largest absolute Gasteiger partial charge is 0.481 e. The normalized spacial score (nSPS) is 13.2. The summed E-state index contributed by atoms with van der Waals surface area (Å²) >= 11 is 0. The fourth-order valence-electron chi connectivity index (χ4n) is 0.682. The van der Waals surface area contributed by atoms with Crippen LogP contribution in [0.5, 0.6) is 11.9 Å². The van der Waals surface area contributed by atoms with E-state index in [1.165, 1.54) is 14.2 Å². The summed E-state index contributed by atoms with van der Waals surface area (Å²) in [6.07, 6.45) is 1.12. The maximum absolute atomic E-state index is 9.10. The molecule has 0 aliphatic carbocycles. The van der Waals surface area contributed by atoms with Crippen LogP contribution in [0.15, 0.2) is 6.20 Å². The molecule has 0 bridgehead atoms. The average molecular weight is 172 g/mol. The quantitative estimate of drug-likeness (QED) is 0.694. The third kappa shape index (κ3) is 1.62. The Bertz CT molecular complexity index is 327. The second-order valence-electron chi connectivity index (χ2n) is 1.89. The van der Waals surface area contributed by atoms with Crippen molar-refractivity contribution in [1.82, 2.24) is 9.97 Å². The zero-order valence-corrected chi connectivity index (χ0v) is 6.74. The van der Waals surface area contributed by atoms with Crippen molar-refractivity contribution in [1.29, 1.82) is 0 Å². The molecular formula is C7H10N2O3. The van der Waals surface area contributed by atoms with Gasteiger partial charge in [0, 0.05) is 6.20 Å². The van der Waals surface area contributed by atoms with Crippen molar-refractivity contribution < 1.29 is 17.3 Å². The van der Waals surface area contributed by atoms with E-state index < -0.39 is 6.56 Å². The van der Waals surface area contributed by atoms with Crippen LogP contribution in [0.2, 0.25) is 0 Å². The predicted octanol–water partition coefficient (Wildman–Crippen LogP) is -0.0139. The second kappa shape index (κ2) is 3.87. The highest BCUT2D eigenvalue weighted by molar-refractivity contribution is 5.24. The van der Waals surface area contributed by atoms with E-state index in [-0.39, 0.29) is 17.5 Å². The molecule has 12 heavy (non-hydrogen) atoms. The van der Waals surface area contributed by atoms with Gasteiger partial charge >= 0.3 is 6.01 Å². The summed E-state index contributed by atoms with van der Waals surface area (Å²) in [7, 11) is 2.69. The lowest BCUT2D eigenvalue weighted by molar-refractivity contribution is 0.268. The van der Waals surface area contributed by atoms with Gasteiger partial charge in [0.1, 0.15) is 0 Å². The summed E-state index contributed by atoms with van der Waals surface area (Å²) in [5.41, 5.74) is -0.138. The van der Waals surface area contributed by atoms with Crippen LogP contribution >= 0.6 is 0 Å². The van der Waals surface area contributed by atoms with Crippen LogP contribution in [0, 0.1) is 0 Å². The van der Waals surface area contributed by atoms with Crippen molar-refractivity contribution in [3.05, 3.63) is 11.8 Å². The van der Waals surface area contributed by atoms with Crippen LogP contribution in [0.25, 0.3) is 0 Å². The molecule has 5 nitrogen and oxygen atoms in total. The van der Waals surface area contributed by atoms with Crippen LogP contribution in [-0.2, 0) is 6.56 Å². The molecule has 0 radical (unpaired) electrons. The van der Waals surface area contributed by atoms with Crippen molar-refractivity contribution in [2.45, 2.75) is 6.56 Å². The maximum Gasteiger partial charge on any atom is 0.319 e.